The number of nitrogens with zero attached hydrogens (tertiary/aromatic N) is 1. The molecule has 2 unspecified atom stereocenters. The van der Waals surface area contributed by atoms with Gasteiger partial charge in [0.05, 0.1) is 7.11 Å². The van der Waals surface area contributed by atoms with Crippen molar-refractivity contribution in [1.82, 2.24) is 10.3 Å². The molecule has 4 nitrogen and oxygen atoms in total. The van der Waals surface area contributed by atoms with Gasteiger partial charge in [0.25, 0.3) is 6.43 Å². The highest BCUT2D eigenvalue weighted by Crippen LogP contribution is 2.33. The first-order chi connectivity index (χ1) is 10.0. The lowest BCUT2D eigenvalue weighted by Crippen LogP contribution is -2.26. The Kier molecular flexibility index (Phi) is 5.22. The lowest BCUT2D eigenvalue weighted by Gasteiger charge is -2.22. The summed E-state index contributed by atoms with van der Waals surface area (Å²) in [5.41, 5.74) is 0.874. The number of rotatable bonds is 6. The molecule has 0 fully saturated rings. The van der Waals surface area contributed by atoms with E-state index in [1.54, 1.807) is 18.3 Å². The molecule has 2 rings (SSSR count). The third kappa shape index (κ3) is 3.97. The van der Waals surface area contributed by atoms with E-state index >= 15 is 0 Å². The molecule has 0 amide bonds. The Balaban J connectivity index is 2.12. The molecule has 0 spiro atoms. The second-order valence-electron chi connectivity index (χ2n) is 4.81. The topological polar surface area (TPSA) is 43.4 Å². The maximum Gasteiger partial charge on any atom is 0.272 e. The minimum atomic E-state index is -2.53. The van der Waals surface area contributed by atoms with Gasteiger partial charge < -0.3 is 14.8 Å². The monoisotopic (exact) mass is 318 g/mol. The van der Waals surface area contributed by atoms with Crippen LogP contribution in [-0.4, -0.2) is 31.2 Å². The van der Waals surface area contributed by atoms with Gasteiger partial charge in [-0.3, -0.25) is 0 Å². The number of nitrogens with one attached hydrogen (secondary N) is 1. The predicted molar refractivity (Wildman–Crippen MR) is 76.2 cm³/mol. The van der Waals surface area contributed by atoms with Crippen molar-refractivity contribution in [3.05, 3.63) is 28.9 Å². The largest absolute Gasteiger partial charge is 0.481 e. The zero-order chi connectivity index (χ0) is 15.4. The van der Waals surface area contributed by atoms with Crippen LogP contribution in [0.4, 0.5) is 8.78 Å². The third-order valence-corrected chi connectivity index (χ3v) is 3.64. The van der Waals surface area contributed by atoms with Crippen molar-refractivity contribution >= 4 is 11.6 Å². The lowest BCUT2D eigenvalue weighted by molar-refractivity contribution is 0.0792. The Morgan fingerprint density at radius 2 is 2.24 bits per heavy atom. The summed E-state index contributed by atoms with van der Waals surface area (Å²) >= 11 is 5.97. The van der Waals surface area contributed by atoms with Crippen molar-refractivity contribution in [1.29, 1.82) is 0 Å². The zero-order valence-electron chi connectivity index (χ0n) is 11.8. The molecule has 0 aliphatic carbocycles. The molecule has 21 heavy (non-hydrogen) atoms. The normalized spacial score (nSPS) is 19.1. The molecule has 1 aromatic rings. The van der Waals surface area contributed by atoms with Crippen molar-refractivity contribution in [3.8, 4) is 11.8 Å². The summed E-state index contributed by atoms with van der Waals surface area (Å²) in [4.78, 5) is 4.12. The van der Waals surface area contributed by atoms with Crippen molar-refractivity contribution < 1.29 is 18.3 Å². The fraction of sp³-hybridized carbons (Fsp3) is 0.500. The Hall–Kier alpha value is -1.56. The molecule has 0 bridgehead atoms. The molecule has 0 saturated carbocycles. The maximum atomic E-state index is 12.1. The van der Waals surface area contributed by atoms with Gasteiger partial charge in [0.2, 0.25) is 11.8 Å². The number of aromatic nitrogens is 1. The summed E-state index contributed by atoms with van der Waals surface area (Å²) in [7, 11) is 1.49. The Labute approximate surface area is 127 Å². The highest BCUT2D eigenvalue weighted by molar-refractivity contribution is 6.29. The molecule has 1 aliphatic rings. The number of alkyl halides is 2. The predicted octanol–water partition coefficient (Wildman–Crippen LogP) is 3.28. The molecule has 1 aliphatic heterocycles. The van der Waals surface area contributed by atoms with Gasteiger partial charge in [-0.25, -0.2) is 8.78 Å². The van der Waals surface area contributed by atoms with Crippen LogP contribution >= 0.6 is 11.6 Å². The van der Waals surface area contributed by atoms with Crippen LogP contribution in [0.1, 0.15) is 24.8 Å². The molecule has 7 heteroatoms. The Morgan fingerprint density at radius 3 is 2.81 bits per heavy atom. The van der Waals surface area contributed by atoms with E-state index in [1.807, 2.05) is 6.92 Å². The van der Waals surface area contributed by atoms with E-state index in [9.17, 15) is 8.78 Å². The van der Waals surface area contributed by atoms with Gasteiger partial charge in [-0.1, -0.05) is 18.5 Å². The average Bonchev–Trinajstić information content (AvgIpc) is 2.90. The van der Waals surface area contributed by atoms with Crippen molar-refractivity contribution in [3.63, 3.8) is 0 Å². The molecule has 1 aromatic heterocycles. The van der Waals surface area contributed by atoms with Gasteiger partial charge in [0, 0.05) is 41.2 Å². The molecule has 0 radical (unpaired) electrons. The van der Waals surface area contributed by atoms with Crippen molar-refractivity contribution in [2.24, 2.45) is 0 Å². The van der Waals surface area contributed by atoms with E-state index in [2.05, 4.69) is 10.3 Å². The van der Waals surface area contributed by atoms with Crippen LogP contribution in [0.25, 0.3) is 0 Å². The number of hydrogen-bond acceptors (Lipinski definition) is 4. The second-order valence-corrected chi connectivity index (χ2v) is 5.29. The highest BCUT2D eigenvalue weighted by Gasteiger charge is 2.26. The molecular weight excluding hydrogens is 302 g/mol. The quantitative estimate of drug-likeness (QED) is 0.874. The average molecular weight is 319 g/mol. The van der Waals surface area contributed by atoms with Crippen LogP contribution in [-0.2, 0) is 0 Å². The van der Waals surface area contributed by atoms with Crippen LogP contribution in [0.5, 0.6) is 11.8 Å². The number of pyridine rings is 1. The number of ether oxygens (including phenoxy) is 2. The van der Waals surface area contributed by atoms with E-state index in [4.69, 9.17) is 21.1 Å². The van der Waals surface area contributed by atoms with E-state index in [0.717, 1.165) is 17.0 Å². The molecule has 0 saturated heterocycles. The molecule has 1 N–H and O–H groups in total. The first kappa shape index (κ1) is 15.8. The smallest absolute Gasteiger partial charge is 0.272 e. The molecular formula is C14H17ClF2N2O2. The SMILES string of the molecule is COc1nc(OCC(F)F)ccc1C(C)C1CC(Cl)=CN1. The second kappa shape index (κ2) is 6.93. The lowest BCUT2D eigenvalue weighted by atomic mass is 9.93. The van der Waals surface area contributed by atoms with E-state index < -0.39 is 13.0 Å². The summed E-state index contributed by atoms with van der Waals surface area (Å²) < 4.78 is 34.4. The van der Waals surface area contributed by atoms with Gasteiger partial charge in [0.15, 0.2) is 6.61 Å². The van der Waals surface area contributed by atoms with Gasteiger partial charge >= 0.3 is 0 Å². The molecule has 116 valence electrons. The van der Waals surface area contributed by atoms with Crippen LogP contribution in [0.15, 0.2) is 23.4 Å². The summed E-state index contributed by atoms with van der Waals surface area (Å²) in [5.74, 6) is 0.599. The number of hydrogen-bond donors (Lipinski definition) is 1. The fourth-order valence-electron chi connectivity index (χ4n) is 2.24. The molecule has 0 aromatic carbocycles. The Bertz CT molecular complexity index is 526. The van der Waals surface area contributed by atoms with Crippen LogP contribution < -0.4 is 14.8 Å². The van der Waals surface area contributed by atoms with Crippen LogP contribution in [0.2, 0.25) is 0 Å². The maximum absolute atomic E-state index is 12.1. The van der Waals surface area contributed by atoms with Crippen LogP contribution in [0, 0.1) is 0 Å². The zero-order valence-corrected chi connectivity index (χ0v) is 12.5. The van der Waals surface area contributed by atoms with Gasteiger partial charge in [-0.15, -0.1) is 0 Å². The molecule has 2 heterocycles. The molecule has 2 atom stereocenters. The first-order valence-electron chi connectivity index (χ1n) is 6.57. The standard InChI is InChI=1S/C14H17ClF2N2O2/c1-8(11-5-9(15)6-18-11)10-3-4-13(19-14(10)20-2)21-7-12(16)17/h3-4,6,8,11-12,18H,5,7H2,1-2H3. The van der Waals surface area contributed by atoms with E-state index in [-0.39, 0.29) is 17.8 Å². The highest BCUT2D eigenvalue weighted by atomic mass is 35.5. The van der Waals surface area contributed by atoms with Crippen molar-refractivity contribution in [2.75, 3.05) is 13.7 Å². The third-order valence-electron chi connectivity index (χ3n) is 3.38. The van der Waals surface area contributed by atoms with Gasteiger partial charge in [-0.2, -0.15) is 4.98 Å². The summed E-state index contributed by atoms with van der Waals surface area (Å²) in [6.45, 7) is 1.34. The van der Waals surface area contributed by atoms with Crippen molar-refractivity contribution in [2.45, 2.75) is 31.7 Å². The van der Waals surface area contributed by atoms with Gasteiger partial charge in [-0.05, 0) is 6.07 Å². The minimum Gasteiger partial charge on any atom is -0.481 e. The summed E-state index contributed by atoms with van der Waals surface area (Å²) in [6.07, 6.45) is -0.0228. The van der Waals surface area contributed by atoms with Gasteiger partial charge in [0.1, 0.15) is 0 Å². The van der Waals surface area contributed by atoms with E-state index in [1.165, 1.54) is 7.11 Å². The fourth-order valence-corrected chi connectivity index (χ4v) is 2.47. The minimum absolute atomic E-state index is 0.101. The first-order valence-corrected chi connectivity index (χ1v) is 6.95. The van der Waals surface area contributed by atoms with Crippen LogP contribution in [0.3, 0.4) is 0 Å². The summed E-state index contributed by atoms with van der Waals surface area (Å²) in [6, 6.07) is 3.51. The number of halogens is 3. The Morgan fingerprint density at radius 1 is 1.48 bits per heavy atom. The van der Waals surface area contributed by atoms with E-state index in [0.29, 0.717) is 5.88 Å². The summed E-state index contributed by atoms with van der Waals surface area (Å²) in [5, 5.41) is 3.98. The number of methoxy groups -OCH3 is 1.